The summed E-state index contributed by atoms with van der Waals surface area (Å²) in [4.78, 5) is 0. The highest BCUT2D eigenvalue weighted by Crippen LogP contribution is 2.31. The summed E-state index contributed by atoms with van der Waals surface area (Å²) in [5.74, 6) is 1.52. The Kier molecular flexibility index (Phi) is 5.24. The number of para-hydroxylation sites is 2. The van der Waals surface area contributed by atoms with E-state index in [-0.39, 0.29) is 6.10 Å². The Bertz CT molecular complexity index is 485. The smallest absolute Gasteiger partial charge is 0.162 e. The van der Waals surface area contributed by atoms with E-state index < -0.39 is 0 Å². The van der Waals surface area contributed by atoms with Gasteiger partial charge in [0.1, 0.15) is 6.10 Å². The van der Waals surface area contributed by atoms with E-state index in [1.165, 1.54) is 0 Å². The molecular weight excluding hydrogens is 258 g/mol. The second kappa shape index (κ2) is 7.16. The van der Waals surface area contributed by atoms with Gasteiger partial charge in [-0.2, -0.15) is 11.3 Å². The van der Waals surface area contributed by atoms with Crippen molar-refractivity contribution >= 4 is 11.3 Å². The normalized spacial score (nSPS) is 12.1. The van der Waals surface area contributed by atoms with Crippen LogP contribution in [0.15, 0.2) is 41.1 Å². The average molecular weight is 277 g/mol. The van der Waals surface area contributed by atoms with Crippen LogP contribution in [0.2, 0.25) is 0 Å². The Hall–Kier alpha value is -1.52. The van der Waals surface area contributed by atoms with Gasteiger partial charge in [0.25, 0.3) is 0 Å². The summed E-state index contributed by atoms with van der Waals surface area (Å²) < 4.78 is 11.7. The van der Waals surface area contributed by atoms with Gasteiger partial charge in [0, 0.05) is 12.1 Å². The first-order valence-electron chi connectivity index (χ1n) is 6.45. The van der Waals surface area contributed by atoms with Gasteiger partial charge in [-0.3, -0.25) is 0 Å². The second-order valence-electron chi connectivity index (χ2n) is 4.19. The maximum Gasteiger partial charge on any atom is 0.162 e. The van der Waals surface area contributed by atoms with Crippen LogP contribution in [-0.4, -0.2) is 13.2 Å². The molecule has 2 aromatic rings. The van der Waals surface area contributed by atoms with Crippen LogP contribution in [0.3, 0.4) is 0 Å². The van der Waals surface area contributed by atoms with Gasteiger partial charge in [0.15, 0.2) is 11.5 Å². The molecule has 0 aliphatic heterocycles. The van der Waals surface area contributed by atoms with Gasteiger partial charge in [-0.05, 0) is 35.4 Å². The molecule has 2 rings (SSSR count). The maximum absolute atomic E-state index is 5.99. The molecule has 0 spiro atoms. The predicted molar refractivity (Wildman–Crippen MR) is 79.0 cm³/mol. The lowest BCUT2D eigenvalue weighted by molar-refractivity contribution is 0.199. The molecule has 0 bridgehead atoms. The lowest BCUT2D eigenvalue weighted by atomic mass is 10.2. The van der Waals surface area contributed by atoms with Crippen LogP contribution in [0, 0.1) is 0 Å². The lowest BCUT2D eigenvalue weighted by Crippen LogP contribution is -2.18. The van der Waals surface area contributed by atoms with Crippen LogP contribution in [0.1, 0.15) is 25.0 Å². The van der Waals surface area contributed by atoms with E-state index in [9.17, 15) is 0 Å². The average Bonchev–Trinajstić information content (AvgIpc) is 2.97. The third-order valence-corrected chi connectivity index (χ3v) is 3.41. The zero-order valence-electron chi connectivity index (χ0n) is 11.0. The molecule has 2 N–H and O–H groups in total. The summed E-state index contributed by atoms with van der Waals surface area (Å²) >= 11 is 1.65. The van der Waals surface area contributed by atoms with Gasteiger partial charge in [-0.15, -0.1) is 0 Å². The van der Waals surface area contributed by atoms with Gasteiger partial charge in [-0.1, -0.05) is 19.1 Å². The van der Waals surface area contributed by atoms with Gasteiger partial charge in [0.2, 0.25) is 0 Å². The fraction of sp³-hybridized carbons (Fsp3) is 0.333. The lowest BCUT2D eigenvalue weighted by Gasteiger charge is -2.19. The predicted octanol–water partition coefficient (Wildman–Crippen LogP) is 3.62. The van der Waals surface area contributed by atoms with Crippen molar-refractivity contribution in [2.45, 2.75) is 19.4 Å². The molecule has 0 saturated carbocycles. The van der Waals surface area contributed by atoms with E-state index in [0.717, 1.165) is 23.5 Å². The minimum atomic E-state index is -0.127. The number of nitrogens with two attached hydrogens (primary N) is 1. The number of ether oxygens (including phenoxy) is 2. The Morgan fingerprint density at radius 2 is 2.00 bits per heavy atom. The summed E-state index contributed by atoms with van der Waals surface area (Å²) in [7, 11) is 0. The van der Waals surface area contributed by atoms with Crippen molar-refractivity contribution in [3.8, 4) is 11.5 Å². The molecule has 102 valence electrons. The first kappa shape index (κ1) is 13.9. The van der Waals surface area contributed by atoms with E-state index >= 15 is 0 Å². The second-order valence-corrected chi connectivity index (χ2v) is 4.97. The monoisotopic (exact) mass is 277 g/mol. The Balaban J connectivity index is 2.13. The minimum absolute atomic E-state index is 0.127. The minimum Gasteiger partial charge on any atom is -0.490 e. The molecule has 1 atom stereocenters. The number of rotatable bonds is 7. The van der Waals surface area contributed by atoms with Crippen LogP contribution in [-0.2, 0) is 0 Å². The molecule has 0 amide bonds. The zero-order valence-corrected chi connectivity index (χ0v) is 11.9. The number of benzene rings is 1. The van der Waals surface area contributed by atoms with Crippen LogP contribution in [0.25, 0.3) is 0 Å². The SMILES string of the molecule is CCCOc1ccccc1OC(CN)c1ccsc1. The van der Waals surface area contributed by atoms with E-state index in [1.807, 2.05) is 35.7 Å². The highest BCUT2D eigenvalue weighted by Gasteiger charge is 2.14. The quantitative estimate of drug-likeness (QED) is 0.840. The van der Waals surface area contributed by atoms with Crippen LogP contribution >= 0.6 is 11.3 Å². The van der Waals surface area contributed by atoms with Crippen molar-refractivity contribution in [2.75, 3.05) is 13.2 Å². The van der Waals surface area contributed by atoms with Crippen molar-refractivity contribution < 1.29 is 9.47 Å². The van der Waals surface area contributed by atoms with Crippen LogP contribution in [0.5, 0.6) is 11.5 Å². The van der Waals surface area contributed by atoms with Crippen molar-refractivity contribution in [3.63, 3.8) is 0 Å². The highest BCUT2D eigenvalue weighted by atomic mass is 32.1. The number of thiophene rings is 1. The molecule has 4 heteroatoms. The van der Waals surface area contributed by atoms with Gasteiger partial charge < -0.3 is 15.2 Å². The zero-order chi connectivity index (χ0) is 13.5. The summed E-state index contributed by atoms with van der Waals surface area (Å²) in [6.07, 6.45) is 0.844. The fourth-order valence-corrected chi connectivity index (χ4v) is 2.44. The van der Waals surface area contributed by atoms with Gasteiger partial charge >= 0.3 is 0 Å². The molecule has 0 aliphatic carbocycles. The van der Waals surface area contributed by atoms with Crippen LogP contribution in [0.4, 0.5) is 0 Å². The molecule has 1 aromatic heterocycles. The largest absolute Gasteiger partial charge is 0.490 e. The molecular formula is C15H19NO2S. The van der Waals surface area contributed by atoms with E-state index in [0.29, 0.717) is 13.2 Å². The molecule has 0 saturated heterocycles. The Labute approximate surface area is 118 Å². The molecule has 0 fully saturated rings. The standard InChI is InChI=1S/C15H19NO2S/c1-2-8-17-13-5-3-4-6-14(13)18-15(10-16)12-7-9-19-11-12/h3-7,9,11,15H,2,8,10,16H2,1H3. The summed E-state index contributed by atoms with van der Waals surface area (Å²) in [5.41, 5.74) is 6.91. The Morgan fingerprint density at radius 1 is 1.21 bits per heavy atom. The molecule has 1 aromatic carbocycles. The summed E-state index contributed by atoms with van der Waals surface area (Å²) in [5, 5.41) is 4.09. The highest BCUT2D eigenvalue weighted by molar-refractivity contribution is 7.07. The molecule has 19 heavy (non-hydrogen) atoms. The van der Waals surface area contributed by atoms with E-state index in [4.69, 9.17) is 15.2 Å². The molecule has 1 heterocycles. The van der Waals surface area contributed by atoms with Crippen molar-refractivity contribution in [1.82, 2.24) is 0 Å². The first-order chi connectivity index (χ1) is 9.35. The number of hydrogen-bond donors (Lipinski definition) is 1. The van der Waals surface area contributed by atoms with Crippen molar-refractivity contribution in [1.29, 1.82) is 0 Å². The van der Waals surface area contributed by atoms with Gasteiger partial charge in [0.05, 0.1) is 6.61 Å². The van der Waals surface area contributed by atoms with E-state index in [1.54, 1.807) is 11.3 Å². The molecule has 0 radical (unpaired) electrons. The van der Waals surface area contributed by atoms with Crippen LogP contribution < -0.4 is 15.2 Å². The fourth-order valence-electron chi connectivity index (χ4n) is 1.74. The molecule has 1 unspecified atom stereocenters. The van der Waals surface area contributed by atoms with Gasteiger partial charge in [-0.25, -0.2) is 0 Å². The van der Waals surface area contributed by atoms with Crippen molar-refractivity contribution in [3.05, 3.63) is 46.7 Å². The third-order valence-electron chi connectivity index (χ3n) is 2.71. The van der Waals surface area contributed by atoms with Crippen molar-refractivity contribution in [2.24, 2.45) is 5.73 Å². The Morgan fingerprint density at radius 3 is 2.63 bits per heavy atom. The number of hydrogen-bond acceptors (Lipinski definition) is 4. The van der Waals surface area contributed by atoms with E-state index in [2.05, 4.69) is 12.3 Å². The summed E-state index contributed by atoms with van der Waals surface area (Å²) in [6.45, 7) is 3.21. The third kappa shape index (κ3) is 3.72. The maximum atomic E-state index is 5.99. The molecule has 0 aliphatic rings. The topological polar surface area (TPSA) is 44.5 Å². The molecule has 3 nitrogen and oxygen atoms in total. The first-order valence-corrected chi connectivity index (χ1v) is 7.40. The summed E-state index contributed by atoms with van der Waals surface area (Å²) in [6, 6.07) is 9.76.